The number of carbonyl (C=O) groups is 1. The zero-order valence-corrected chi connectivity index (χ0v) is 12.7. The Labute approximate surface area is 130 Å². The Hall–Kier alpha value is -1.97. The Bertz CT molecular complexity index is 624. The molecule has 2 unspecified atom stereocenters. The van der Waals surface area contributed by atoms with Crippen LogP contribution in [0, 0.1) is 0 Å². The van der Waals surface area contributed by atoms with Gasteiger partial charge in [0.1, 0.15) is 0 Å². The summed E-state index contributed by atoms with van der Waals surface area (Å²) in [5.41, 5.74) is 1.76. The molecule has 114 valence electrons. The molecular weight excluding hydrogens is 276 g/mol. The van der Waals surface area contributed by atoms with Crippen molar-refractivity contribution < 1.29 is 14.3 Å². The van der Waals surface area contributed by atoms with Crippen LogP contribution >= 0.6 is 0 Å². The minimum atomic E-state index is -0.707. The molecular formula is C19H20O3. The third kappa shape index (κ3) is 3.26. The van der Waals surface area contributed by atoms with Gasteiger partial charge in [0.15, 0.2) is 11.6 Å². The maximum atomic E-state index is 12.1. The molecule has 0 spiro atoms. The van der Waals surface area contributed by atoms with Gasteiger partial charge in [-0.2, -0.15) is 0 Å². The molecule has 0 saturated carbocycles. The van der Waals surface area contributed by atoms with E-state index >= 15 is 0 Å². The second-order valence-corrected chi connectivity index (χ2v) is 5.69. The van der Waals surface area contributed by atoms with Crippen molar-refractivity contribution in [2.75, 3.05) is 6.61 Å². The highest BCUT2D eigenvalue weighted by molar-refractivity contribution is 5.95. The molecule has 2 aromatic rings. The summed E-state index contributed by atoms with van der Waals surface area (Å²) >= 11 is 0. The summed E-state index contributed by atoms with van der Waals surface area (Å²) in [7, 11) is 0. The minimum absolute atomic E-state index is 0.0436. The second-order valence-electron chi connectivity index (χ2n) is 5.69. The number of hydrogen-bond acceptors (Lipinski definition) is 3. The molecule has 1 fully saturated rings. The lowest BCUT2D eigenvalue weighted by molar-refractivity contribution is -0.162. The van der Waals surface area contributed by atoms with Crippen LogP contribution in [0.1, 0.15) is 35.7 Å². The first kappa shape index (κ1) is 14.9. The van der Waals surface area contributed by atoms with Crippen molar-refractivity contribution in [1.29, 1.82) is 0 Å². The molecule has 1 heterocycles. The summed E-state index contributed by atoms with van der Waals surface area (Å²) in [5.74, 6) is -0.556. The van der Waals surface area contributed by atoms with E-state index in [1.165, 1.54) is 0 Å². The van der Waals surface area contributed by atoms with Gasteiger partial charge in [0, 0.05) is 17.5 Å². The molecule has 0 aliphatic carbocycles. The summed E-state index contributed by atoms with van der Waals surface area (Å²) in [6, 6.07) is 19.3. The Morgan fingerprint density at radius 1 is 1.09 bits per heavy atom. The number of ketones is 1. The van der Waals surface area contributed by atoms with Gasteiger partial charge in [-0.05, 0) is 13.3 Å². The van der Waals surface area contributed by atoms with E-state index in [4.69, 9.17) is 9.47 Å². The number of ether oxygens (including phenoxy) is 2. The van der Waals surface area contributed by atoms with E-state index < -0.39 is 5.79 Å². The van der Waals surface area contributed by atoms with E-state index in [0.717, 1.165) is 11.1 Å². The second kappa shape index (κ2) is 6.42. The zero-order valence-electron chi connectivity index (χ0n) is 12.7. The predicted molar refractivity (Wildman–Crippen MR) is 84.6 cm³/mol. The fraction of sp³-hybridized carbons (Fsp3) is 0.316. The van der Waals surface area contributed by atoms with E-state index in [9.17, 15) is 4.79 Å². The van der Waals surface area contributed by atoms with Crippen molar-refractivity contribution in [3.63, 3.8) is 0 Å². The summed E-state index contributed by atoms with van der Waals surface area (Å²) in [4.78, 5) is 12.1. The quantitative estimate of drug-likeness (QED) is 0.784. The van der Waals surface area contributed by atoms with Crippen LogP contribution < -0.4 is 0 Å². The predicted octanol–water partition coefficient (Wildman–Crippen LogP) is 3.94. The third-order valence-electron chi connectivity index (χ3n) is 4.02. The van der Waals surface area contributed by atoms with Crippen LogP contribution in [0.2, 0.25) is 0 Å². The average Bonchev–Trinajstić information content (AvgIpc) is 2.97. The number of Topliss-reactive ketones (excluding diaryl/α,β-unsaturated/α-hetero) is 1. The smallest absolute Gasteiger partial charge is 0.192 e. The van der Waals surface area contributed by atoms with Gasteiger partial charge >= 0.3 is 0 Å². The molecule has 0 amide bonds. The molecule has 0 radical (unpaired) electrons. The Kier molecular flexibility index (Phi) is 4.36. The van der Waals surface area contributed by atoms with Crippen molar-refractivity contribution in [3.05, 3.63) is 71.8 Å². The first-order valence-corrected chi connectivity index (χ1v) is 7.63. The highest BCUT2D eigenvalue weighted by Crippen LogP contribution is 2.35. The van der Waals surface area contributed by atoms with Crippen molar-refractivity contribution in [1.82, 2.24) is 0 Å². The number of carbonyl (C=O) groups excluding carboxylic acids is 1. The molecule has 1 aliphatic rings. The van der Waals surface area contributed by atoms with Gasteiger partial charge in [-0.3, -0.25) is 4.79 Å². The largest absolute Gasteiger partial charge is 0.343 e. The van der Waals surface area contributed by atoms with Crippen LogP contribution in [0.3, 0.4) is 0 Å². The molecule has 0 aromatic heterocycles. The maximum Gasteiger partial charge on any atom is 0.192 e. The summed E-state index contributed by atoms with van der Waals surface area (Å²) < 4.78 is 11.9. The van der Waals surface area contributed by atoms with Crippen LogP contribution in [0.5, 0.6) is 0 Å². The Balaban J connectivity index is 1.57. The fourth-order valence-corrected chi connectivity index (χ4v) is 2.73. The van der Waals surface area contributed by atoms with Crippen molar-refractivity contribution in [3.8, 4) is 0 Å². The molecule has 1 saturated heterocycles. The topological polar surface area (TPSA) is 35.5 Å². The summed E-state index contributed by atoms with van der Waals surface area (Å²) in [6.45, 7) is 2.45. The number of hydrogen-bond donors (Lipinski definition) is 0. The molecule has 2 aromatic carbocycles. The SMILES string of the molecule is CC1(c2ccccc2)OCC(CCC(=O)c2ccccc2)O1. The highest BCUT2D eigenvalue weighted by Gasteiger charge is 2.38. The van der Waals surface area contributed by atoms with Crippen LogP contribution in [0.15, 0.2) is 60.7 Å². The lowest BCUT2D eigenvalue weighted by Gasteiger charge is -2.23. The summed E-state index contributed by atoms with van der Waals surface area (Å²) in [6.07, 6.45) is 1.11. The number of rotatable bonds is 5. The molecule has 3 nitrogen and oxygen atoms in total. The van der Waals surface area contributed by atoms with Gasteiger partial charge in [0.25, 0.3) is 0 Å². The van der Waals surface area contributed by atoms with Crippen molar-refractivity contribution >= 4 is 5.78 Å². The Morgan fingerprint density at radius 2 is 1.73 bits per heavy atom. The maximum absolute atomic E-state index is 12.1. The van der Waals surface area contributed by atoms with Gasteiger partial charge in [0.05, 0.1) is 12.7 Å². The Morgan fingerprint density at radius 3 is 2.41 bits per heavy atom. The van der Waals surface area contributed by atoms with Gasteiger partial charge in [-0.15, -0.1) is 0 Å². The first-order valence-electron chi connectivity index (χ1n) is 7.63. The summed E-state index contributed by atoms with van der Waals surface area (Å²) in [5, 5.41) is 0. The van der Waals surface area contributed by atoms with E-state index in [-0.39, 0.29) is 11.9 Å². The minimum Gasteiger partial charge on any atom is -0.343 e. The molecule has 3 heteroatoms. The highest BCUT2D eigenvalue weighted by atomic mass is 16.7. The van der Waals surface area contributed by atoms with Crippen molar-refractivity contribution in [2.45, 2.75) is 31.7 Å². The number of benzene rings is 2. The monoisotopic (exact) mass is 296 g/mol. The van der Waals surface area contributed by atoms with Gasteiger partial charge in [-0.1, -0.05) is 60.7 Å². The molecule has 1 aliphatic heterocycles. The first-order chi connectivity index (χ1) is 10.7. The molecule has 22 heavy (non-hydrogen) atoms. The molecule has 0 bridgehead atoms. The standard InChI is InChI=1S/C19H20O3/c1-19(16-10-6-3-7-11-16)21-14-17(22-19)12-13-18(20)15-8-4-2-5-9-15/h2-11,17H,12-14H2,1H3. The van der Waals surface area contributed by atoms with Crippen LogP contribution in [0.25, 0.3) is 0 Å². The van der Waals surface area contributed by atoms with Crippen molar-refractivity contribution in [2.24, 2.45) is 0 Å². The fourth-order valence-electron chi connectivity index (χ4n) is 2.73. The van der Waals surface area contributed by atoms with E-state index in [1.807, 2.05) is 67.6 Å². The van der Waals surface area contributed by atoms with Crippen LogP contribution in [0.4, 0.5) is 0 Å². The van der Waals surface area contributed by atoms with E-state index in [2.05, 4.69) is 0 Å². The molecule has 2 atom stereocenters. The van der Waals surface area contributed by atoms with Crippen LogP contribution in [-0.2, 0) is 15.3 Å². The van der Waals surface area contributed by atoms with Gasteiger partial charge < -0.3 is 9.47 Å². The molecule has 3 rings (SSSR count). The zero-order chi connectivity index (χ0) is 15.4. The van der Waals surface area contributed by atoms with E-state index in [1.54, 1.807) is 0 Å². The van der Waals surface area contributed by atoms with Gasteiger partial charge in [-0.25, -0.2) is 0 Å². The lowest BCUT2D eigenvalue weighted by Crippen LogP contribution is -2.24. The third-order valence-corrected chi connectivity index (χ3v) is 4.02. The normalized spacial score (nSPS) is 24.3. The van der Waals surface area contributed by atoms with E-state index in [0.29, 0.717) is 19.4 Å². The van der Waals surface area contributed by atoms with Crippen LogP contribution in [-0.4, -0.2) is 18.5 Å². The van der Waals surface area contributed by atoms with Gasteiger partial charge in [0.2, 0.25) is 0 Å². The lowest BCUT2D eigenvalue weighted by atomic mass is 10.0. The average molecular weight is 296 g/mol. The molecule has 0 N–H and O–H groups in total.